The SMILES string of the molecule is COc1ncc(C(=O)C2CCCCO2)s1. The monoisotopic (exact) mass is 227 g/mol. The first-order chi connectivity index (χ1) is 7.31. The minimum atomic E-state index is -0.274. The molecule has 0 aromatic carbocycles. The number of Topliss-reactive ketones (excluding diaryl/α,β-unsaturated/α-hetero) is 1. The lowest BCUT2D eigenvalue weighted by Gasteiger charge is -2.20. The third kappa shape index (κ3) is 2.35. The van der Waals surface area contributed by atoms with Gasteiger partial charge in [0.25, 0.3) is 5.19 Å². The van der Waals surface area contributed by atoms with Gasteiger partial charge in [-0.25, -0.2) is 4.98 Å². The van der Waals surface area contributed by atoms with Gasteiger partial charge in [-0.15, -0.1) is 0 Å². The van der Waals surface area contributed by atoms with Crippen LogP contribution >= 0.6 is 11.3 Å². The lowest BCUT2D eigenvalue weighted by molar-refractivity contribution is 0.0189. The Morgan fingerprint density at radius 3 is 3.13 bits per heavy atom. The number of thiazole rings is 1. The highest BCUT2D eigenvalue weighted by atomic mass is 32.1. The Hall–Kier alpha value is -0.940. The Morgan fingerprint density at radius 2 is 2.53 bits per heavy atom. The molecule has 0 amide bonds. The molecule has 4 nitrogen and oxygen atoms in total. The number of ether oxygens (including phenoxy) is 2. The van der Waals surface area contributed by atoms with Crippen LogP contribution in [-0.2, 0) is 4.74 Å². The fraction of sp³-hybridized carbons (Fsp3) is 0.600. The summed E-state index contributed by atoms with van der Waals surface area (Å²) in [5.74, 6) is 0.0375. The molecule has 0 saturated carbocycles. The van der Waals surface area contributed by atoms with Gasteiger partial charge in [0.15, 0.2) is 0 Å². The van der Waals surface area contributed by atoms with Crippen LogP contribution in [0.4, 0.5) is 0 Å². The van der Waals surface area contributed by atoms with E-state index in [1.807, 2.05) is 0 Å². The molecule has 1 unspecified atom stereocenters. The zero-order chi connectivity index (χ0) is 10.7. The quantitative estimate of drug-likeness (QED) is 0.740. The molecule has 82 valence electrons. The minimum absolute atomic E-state index is 0.0375. The summed E-state index contributed by atoms with van der Waals surface area (Å²) >= 11 is 1.27. The van der Waals surface area contributed by atoms with Crippen LogP contribution in [0.5, 0.6) is 5.19 Å². The van der Waals surface area contributed by atoms with Gasteiger partial charge in [0, 0.05) is 6.61 Å². The number of ketones is 1. The topological polar surface area (TPSA) is 48.4 Å². The number of hydrogen-bond donors (Lipinski definition) is 0. The maximum atomic E-state index is 11.9. The van der Waals surface area contributed by atoms with Crippen LogP contribution in [0, 0.1) is 0 Å². The number of hydrogen-bond acceptors (Lipinski definition) is 5. The molecule has 1 atom stereocenters. The molecule has 0 radical (unpaired) electrons. The predicted octanol–water partition coefficient (Wildman–Crippen LogP) is 1.90. The molecule has 0 N–H and O–H groups in total. The van der Waals surface area contributed by atoms with E-state index in [2.05, 4.69) is 4.98 Å². The van der Waals surface area contributed by atoms with Gasteiger partial charge in [-0.05, 0) is 19.3 Å². The van der Waals surface area contributed by atoms with Crippen LogP contribution in [0.1, 0.15) is 28.9 Å². The summed E-state index contributed by atoms with van der Waals surface area (Å²) in [6, 6.07) is 0. The van der Waals surface area contributed by atoms with E-state index in [9.17, 15) is 4.79 Å². The summed E-state index contributed by atoms with van der Waals surface area (Å²) < 4.78 is 10.4. The third-order valence-electron chi connectivity index (χ3n) is 2.37. The van der Waals surface area contributed by atoms with E-state index in [1.54, 1.807) is 13.3 Å². The normalized spacial score (nSPS) is 21.3. The molecule has 1 aromatic heterocycles. The first-order valence-electron chi connectivity index (χ1n) is 4.97. The molecule has 1 saturated heterocycles. The average molecular weight is 227 g/mol. The van der Waals surface area contributed by atoms with E-state index in [-0.39, 0.29) is 11.9 Å². The largest absolute Gasteiger partial charge is 0.473 e. The van der Waals surface area contributed by atoms with Gasteiger partial charge < -0.3 is 9.47 Å². The molecule has 2 heterocycles. The van der Waals surface area contributed by atoms with Gasteiger partial charge in [0.2, 0.25) is 5.78 Å². The van der Waals surface area contributed by atoms with Crippen molar-refractivity contribution in [3.8, 4) is 5.19 Å². The van der Waals surface area contributed by atoms with Crippen LogP contribution in [0.2, 0.25) is 0 Å². The molecule has 2 rings (SSSR count). The van der Waals surface area contributed by atoms with Crippen LogP contribution in [0.3, 0.4) is 0 Å². The molecule has 1 aliphatic heterocycles. The molecule has 0 aliphatic carbocycles. The highest BCUT2D eigenvalue weighted by Crippen LogP contribution is 2.24. The lowest BCUT2D eigenvalue weighted by Crippen LogP contribution is -2.27. The van der Waals surface area contributed by atoms with E-state index >= 15 is 0 Å². The smallest absolute Gasteiger partial charge is 0.273 e. The predicted molar refractivity (Wildman–Crippen MR) is 56.6 cm³/mol. The van der Waals surface area contributed by atoms with Crippen molar-refractivity contribution in [2.75, 3.05) is 13.7 Å². The van der Waals surface area contributed by atoms with Crippen LogP contribution in [-0.4, -0.2) is 30.6 Å². The van der Waals surface area contributed by atoms with E-state index in [0.29, 0.717) is 16.7 Å². The number of carbonyl (C=O) groups is 1. The Balaban J connectivity index is 2.05. The van der Waals surface area contributed by atoms with E-state index in [1.165, 1.54) is 11.3 Å². The van der Waals surface area contributed by atoms with Crippen molar-refractivity contribution in [2.45, 2.75) is 25.4 Å². The fourth-order valence-corrected chi connectivity index (χ4v) is 2.29. The van der Waals surface area contributed by atoms with Crippen molar-refractivity contribution in [3.63, 3.8) is 0 Å². The van der Waals surface area contributed by atoms with Crippen molar-refractivity contribution in [1.29, 1.82) is 0 Å². The average Bonchev–Trinajstić information content (AvgIpc) is 2.78. The van der Waals surface area contributed by atoms with Crippen molar-refractivity contribution in [2.24, 2.45) is 0 Å². The Labute approximate surface area is 92.2 Å². The van der Waals surface area contributed by atoms with Gasteiger partial charge in [-0.2, -0.15) is 0 Å². The van der Waals surface area contributed by atoms with Crippen molar-refractivity contribution < 1.29 is 14.3 Å². The maximum Gasteiger partial charge on any atom is 0.273 e. The number of methoxy groups -OCH3 is 1. The summed E-state index contributed by atoms with van der Waals surface area (Å²) in [4.78, 5) is 16.5. The van der Waals surface area contributed by atoms with Crippen molar-refractivity contribution in [3.05, 3.63) is 11.1 Å². The first-order valence-corrected chi connectivity index (χ1v) is 5.78. The summed E-state index contributed by atoms with van der Waals surface area (Å²) in [6.45, 7) is 0.687. The van der Waals surface area contributed by atoms with Crippen LogP contribution in [0.25, 0.3) is 0 Å². The highest BCUT2D eigenvalue weighted by Gasteiger charge is 2.24. The molecule has 0 bridgehead atoms. The molecule has 15 heavy (non-hydrogen) atoms. The van der Waals surface area contributed by atoms with Gasteiger partial charge in [-0.1, -0.05) is 11.3 Å². The highest BCUT2D eigenvalue weighted by molar-refractivity contribution is 7.15. The second-order valence-electron chi connectivity index (χ2n) is 3.41. The summed E-state index contributed by atoms with van der Waals surface area (Å²) in [7, 11) is 1.55. The third-order valence-corrected chi connectivity index (χ3v) is 3.35. The van der Waals surface area contributed by atoms with Gasteiger partial charge in [0.05, 0.1) is 18.2 Å². The standard InChI is InChI=1S/C10H13NO3S/c1-13-10-11-6-8(15-10)9(12)7-4-2-3-5-14-7/h6-7H,2-5H2,1H3. The van der Waals surface area contributed by atoms with Crippen molar-refractivity contribution in [1.82, 2.24) is 4.98 Å². The number of aromatic nitrogens is 1. The van der Waals surface area contributed by atoms with E-state index in [4.69, 9.17) is 9.47 Å². The zero-order valence-corrected chi connectivity index (χ0v) is 9.38. The summed E-state index contributed by atoms with van der Waals surface area (Å²) in [5.41, 5.74) is 0. The first kappa shape index (κ1) is 10.6. The number of carbonyl (C=O) groups excluding carboxylic acids is 1. The summed E-state index contributed by atoms with van der Waals surface area (Å²) in [6.07, 6.45) is 4.22. The lowest BCUT2D eigenvalue weighted by atomic mass is 10.1. The summed E-state index contributed by atoms with van der Waals surface area (Å²) in [5, 5.41) is 0.522. The minimum Gasteiger partial charge on any atom is -0.473 e. The fourth-order valence-electron chi connectivity index (χ4n) is 1.57. The Morgan fingerprint density at radius 1 is 1.67 bits per heavy atom. The van der Waals surface area contributed by atoms with E-state index < -0.39 is 0 Å². The zero-order valence-electron chi connectivity index (χ0n) is 8.56. The second kappa shape index (κ2) is 4.72. The van der Waals surface area contributed by atoms with Gasteiger partial charge >= 0.3 is 0 Å². The molecule has 1 aromatic rings. The second-order valence-corrected chi connectivity index (χ2v) is 4.41. The Bertz CT molecular complexity index is 344. The molecule has 5 heteroatoms. The Kier molecular flexibility index (Phi) is 3.33. The number of nitrogens with zero attached hydrogens (tertiary/aromatic N) is 1. The van der Waals surface area contributed by atoms with Crippen LogP contribution in [0.15, 0.2) is 6.20 Å². The van der Waals surface area contributed by atoms with Crippen LogP contribution < -0.4 is 4.74 Å². The van der Waals surface area contributed by atoms with Gasteiger partial charge in [-0.3, -0.25) is 4.79 Å². The van der Waals surface area contributed by atoms with Gasteiger partial charge in [0.1, 0.15) is 6.10 Å². The number of rotatable bonds is 3. The maximum absolute atomic E-state index is 11.9. The molecular weight excluding hydrogens is 214 g/mol. The van der Waals surface area contributed by atoms with E-state index in [0.717, 1.165) is 19.3 Å². The molecular formula is C10H13NO3S. The van der Waals surface area contributed by atoms with Crippen molar-refractivity contribution >= 4 is 17.1 Å². The molecule has 0 spiro atoms. The molecule has 1 aliphatic rings. The molecule has 1 fully saturated rings.